The summed E-state index contributed by atoms with van der Waals surface area (Å²) in [4.78, 5) is 11.8. The van der Waals surface area contributed by atoms with Gasteiger partial charge in [0.25, 0.3) is 0 Å². The van der Waals surface area contributed by atoms with Crippen LogP contribution in [0.2, 0.25) is 0 Å². The second-order valence-corrected chi connectivity index (χ2v) is 7.04. The van der Waals surface area contributed by atoms with Gasteiger partial charge in [0.05, 0.1) is 17.2 Å². The minimum absolute atomic E-state index is 0.0751. The first-order valence-corrected chi connectivity index (χ1v) is 9.00. The molecule has 0 aromatic heterocycles. The van der Waals surface area contributed by atoms with E-state index in [1.54, 1.807) is 0 Å². The molecule has 0 saturated carbocycles. The molecule has 2 aromatic rings. The van der Waals surface area contributed by atoms with Crippen LogP contribution in [-0.4, -0.2) is 11.9 Å². The molecule has 0 aliphatic carbocycles. The fourth-order valence-corrected chi connectivity index (χ4v) is 3.38. The van der Waals surface area contributed by atoms with E-state index in [9.17, 15) is 35.5 Å². The number of hydrogen-bond acceptors (Lipinski definition) is 2. The van der Waals surface area contributed by atoms with Crippen molar-refractivity contribution >= 4 is 5.91 Å². The smallest absolute Gasteiger partial charge is 0.348 e. The van der Waals surface area contributed by atoms with Crippen LogP contribution in [0.4, 0.5) is 30.7 Å². The number of piperidine rings is 1. The molecule has 1 saturated heterocycles. The summed E-state index contributed by atoms with van der Waals surface area (Å²) in [6, 6.07) is 5.68. The number of carbonyl (C=O) groups excluding carboxylic acids is 1. The summed E-state index contributed by atoms with van der Waals surface area (Å²) in [5.74, 6) is -0.727. The van der Waals surface area contributed by atoms with Gasteiger partial charge in [0.2, 0.25) is 5.91 Å². The highest BCUT2D eigenvalue weighted by Crippen LogP contribution is 2.36. The Kier molecular flexibility index (Phi) is 6.07. The lowest BCUT2D eigenvalue weighted by Crippen LogP contribution is -2.48. The van der Waals surface area contributed by atoms with Crippen LogP contribution in [0.25, 0.3) is 0 Å². The van der Waals surface area contributed by atoms with Gasteiger partial charge in [-0.15, -0.1) is 0 Å². The average molecular weight is 434 g/mol. The highest BCUT2D eigenvalue weighted by atomic mass is 19.4. The van der Waals surface area contributed by atoms with Crippen molar-refractivity contribution < 1.29 is 35.5 Å². The fraction of sp³-hybridized carbons (Fsp3) is 0.350. The van der Waals surface area contributed by atoms with Crippen LogP contribution < -0.4 is 10.6 Å². The summed E-state index contributed by atoms with van der Waals surface area (Å²) in [6.07, 6.45) is -9.39. The third-order valence-corrected chi connectivity index (χ3v) is 4.85. The van der Waals surface area contributed by atoms with Crippen molar-refractivity contribution in [3.05, 3.63) is 70.5 Å². The van der Waals surface area contributed by atoms with Crippen LogP contribution in [0.5, 0.6) is 0 Å². The minimum Gasteiger partial charge on any atom is -0.348 e. The maximum atomic E-state index is 13.2. The van der Waals surface area contributed by atoms with E-state index in [2.05, 4.69) is 10.6 Å². The topological polar surface area (TPSA) is 41.1 Å². The summed E-state index contributed by atoms with van der Waals surface area (Å²) in [5.41, 5.74) is -2.39. The Morgan fingerprint density at radius 1 is 0.933 bits per heavy atom. The van der Waals surface area contributed by atoms with Crippen LogP contribution in [0.15, 0.2) is 42.5 Å². The van der Waals surface area contributed by atoms with E-state index in [0.717, 1.165) is 0 Å². The maximum Gasteiger partial charge on any atom is 0.416 e. The quantitative estimate of drug-likeness (QED) is 0.667. The molecule has 3 nitrogen and oxygen atoms in total. The molecular weight excluding hydrogens is 417 g/mol. The summed E-state index contributed by atoms with van der Waals surface area (Å²) < 4.78 is 91.3. The van der Waals surface area contributed by atoms with Crippen LogP contribution in [-0.2, 0) is 23.7 Å². The molecule has 0 bridgehead atoms. The molecule has 1 amide bonds. The molecule has 2 atom stereocenters. The number of amides is 1. The Hall–Kier alpha value is -2.62. The third kappa shape index (κ3) is 5.29. The molecule has 3 rings (SSSR count). The Balaban J connectivity index is 1.83. The molecule has 2 aromatic carbocycles. The maximum absolute atomic E-state index is 13.2. The standard InChI is InChI=1S/C20H17F7N2O/c21-15-3-1-12(2-4-15)18-16(5-6-17(30)29-18)28-10-11-7-13(19(22,23)24)9-14(8-11)20(25,26)27/h1-4,7-9,16,18,28H,5-6,10H2,(H,29,30). The van der Waals surface area contributed by atoms with Gasteiger partial charge in [-0.05, 0) is 47.9 Å². The van der Waals surface area contributed by atoms with Gasteiger partial charge in [0, 0.05) is 19.0 Å². The van der Waals surface area contributed by atoms with Crippen molar-refractivity contribution in [2.75, 3.05) is 0 Å². The van der Waals surface area contributed by atoms with E-state index in [0.29, 0.717) is 24.1 Å². The van der Waals surface area contributed by atoms with Gasteiger partial charge in [0.15, 0.2) is 0 Å². The van der Waals surface area contributed by atoms with Crippen molar-refractivity contribution in [3.8, 4) is 0 Å². The third-order valence-electron chi connectivity index (χ3n) is 4.85. The SMILES string of the molecule is O=C1CCC(NCc2cc(C(F)(F)F)cc(C(F)(F)F)c2)C(c2ccc(F)cc2)N1. The van der Waals surface area contributed by atoms with Crippen LogP contribution >= 0.6 is 0 Å². The largest absolute Gasteiger partial charge is 0.416 e. The van der Waals surface area contributed by atoms with E-state index in [1.165, 1.54) is 24.3 Å². The lowest BCUT2D eigenvalue weighted by Gasteiger charge is -2.33. The Labute approximate surface area is 167 Å². The first-order chi connectivity index (χ1) is 13.9. The van der Waals surface area contributed by atoms with Crippen molar-refractivity contribution in [1.29, 1.82) is 0 Å². The lowest BCUT2D eigenvalue weighted by atomic mass is 9.91. The monoisotopic (exact) mass is 434 g/mol. The zero-order valence-electron chi connectivity index (χ0n) is 15.4. The average Bonchev–Trinajstić information content (AvgIpc) is 2.66. The number of halogens is 7. The molecule has 1 fully saturated rings. The molecular formula is C20H17F7N2O. The molecule has 2 N–H and O–H groups in total. The normalized spacial score (nSPS) is 20.2. The van der Waals surface area contributed by atoms with Crippen molar-refractivity contribution in [3.63, 3.8) is 0 Å². The second-order valence-electron chi connectivity index (χ2n) is 7.04. The summed E-state index contributed by atoms with van der Waals surface area (Å²) >= 11 is 0. The molecule has 1 heterocycles. The number of hydrogen-bond donors (Lipinski definition) is 2. The van der Waals surface area contributed by atoms with Crippen LogP contribution in [0, 0.1) is 5.82 Å². The Morgan fingerprint density at radius 2 is 1.50 bits per heavy atom. The van der Waals surface area contributed by atoms with Gasteiger partial charge in [-0.2, -0.15) is 26.3 Å². The summed E-state index contributed by atoms with van der Waals surface area (Å²) in [7, 11) is 0. The van der Waals surface area contributed by atoms with Gasteiger partial charge in [-0.1, -0.05) is 12.1 Å². The van der Waals surface area contributed by atoms with E-state index in [-0.39, 0.29) is 30.5 Å². The first kappa shape index (κ1) is 22.1. The fourth-order valence-electron chi connectivity index (χ4n) is 3.38. The zero-order valence-corrected chi connectivity index (χ0v) is 15.4. The van der Waals surface area contributed by atoms with Crippen molar-refractivity contribution in [2.45, 2.75) is 43.8 Å². The second kappa shape index (κ2) is 8.25. The molecule has 1 aliphatic heterocycles. The number of rotatable bonds is 4. The summed E-state index contributed by atoms with van der Waals surface area (Å²) in [6.45, 7) is -0.273. The van der Waals surface area contributed by atoms with Gasteiger partial charge >= 0.3 is 12.4 Å². The predicted molar refractivity (Wildman–Crippen MR) is 93.6 cm³/mol. The molecule has 162 valence electrons. The van der Waals surface area contributed by atoms with E-state index in [4.69, 9.17) is 0 Å². The molecule has 10 heteroatoms. The molecule has 2 unspecified atom stereocenters. The van der Waals surface area contributed by atoms with Gasteiger partial charge < -0.3 is 10.6 Å². The van der Waals surface area contributed by atoms with Gasteiger partial charge in [0.1, 0.15) is 5.82 Å². The lowest BCUT2D eigenvalue weighted by molar-refractivity contribution is -0.143. The number of nitrogens with one attached hydrogen (secondary N) is 2. The molecule has 30 heavy (non-hydrogen) atoms. The van der Waals surface area contributed by atoms with E-state index < -0.39 is 41.4 Å². The van der Waals surface area contributed by atoms with E-state index >= 15 is 0 Å². The Bertz CT molecular complexity index is 875. The van der Waals surface area contributed by atoms with Gasteiger partial charge in [-0.3, -0.25) is 4.79 Å². The first-order valence-electron chi connectivity index (χ1n) is 9.00. The van der Waals surface area contributed by atoms with Crippen LogP contribution in [0.1, 0.15) is 41.1 Å². The molecule has 0 radical (unpaired) electrons. The number of carbonyl (C=O) groups is 1. The zero-order chi connectivity index (χ0) is 22.1. The number of benzene rings is 2. The van der Waals surface area contributed by atoms with Crippen molar-refractivity contribution in [2.24, 2.45) is 0 Å². The summed E-state index contributed by atoms with van der Waals surface area (Å²) in [5, 5.41) is 5.66. The highest BCUT2D eigenvalue weighted by molar-refractivity contribution is 5.77. The van der Waals surface area contributed by atoms with Crippen molar-refractivity contribution in [1.82, 2.24) is 10.6 Å². The minimum atomic E-state index is -4.93. The van der Waals surface area contributed by atoms with Gasteiger partial charge in [-0.25, -0.2) is 4.39 Å². The van der Waals surface area contributed by atoms with Crippen LogP contribution in [0.3, 0.4) is 0 Å². The Morgan fingerprint density at radius 3 is 2.03 bits per heavy atom. The highest BCUT2D eigenvalue weighted by Gasteiger charge is 2.37. The number of alkyl halides is 6. The van der Waals surface area contributed by atoms with E-state index in [1.807, 2.05) is 0 Å². The predicted octanol–water partition coefficient (Wildman–Crippen LogP) is 4.97. The molecule has 0 spiro atoms. The molecule has 1 aliphatic rings.